The Morgan fingerprint density at radius 1 is 1.19 bits per heavy atom. The lowest BCUT2D eigenvalue weighted by Crippen LogP contribution is -2.38. The average Bonchev–Trinajstić information content (AvgIpc) is 3.06. The second-order valence-electron chi connectivity index (χ2n) is 7.47. The number of aromatic nitrogens is 2. The van der Waals surface area contributed by atoms with Crippen LogP contribution in [0.25, 0.3) is 0 Å². The molecule has 0 N–H and O–H groups in total. The topological polar surface area (TPSA) is 58.6 Å². The Kier molecular flexibility index (Phi) is 5.20. The van der Waals surface area contributed by atoms with Crippen LogP contribution in [-0.2, 0) is 22.4 Å². The van der Waals surface area contributed by atoms with Crippen LogP contribution in [0.2, 0.25) is 0 Å². The lowest BCUT2D eigenvalue weighted by Gasteiger charge is -2.30. The van der Waals surface area contributed by atoms with E-state index in [2.05, 4.69) is 17.1 Å². The molecule has 1 aromatic rings. The van der Waals surface area contributed by atoms with E-state index in [0.717, 1.165) is 82.4 Å². The van der Waals surface area contributed by atoms with Crippen LogP contribution in [0.4, 0.5) is 5.82 Å². The molecule has 2 aliphatic heterocycles. The fourth-order valence-corrected chi connectivity index (χ4v) is 4.20. The molecule has 0 aromatic carbocycles. The molecule has 0 spiro atoms. The van der Waals surface area contributed by atoms with Gasteiger partial charge in [0, 0.05) is 44.6 Å². The molecule has 0 radical (unpaired) electrons. The van der Waals surface area contributed by atoms with Crippen molar-refractivity contribution in [1.82, 2.24) is 14.9 Å². The maximum absolute atomic E-state index is 12.7. The largest absolute Gasteiger partial charge is 0.378 e. The van der Waals surface area contributed by atoms with Crippen LogP contribution in [0.5, 0.6) is 0 Å². The zero-order valence-electron chi connectivity index (χ0n) is 15.6. The lowest BCUT2D eigenvalue weighted by atomic mass is 10.0. The van der Waals surface area contributed by atoms with Gasteiger partial charge in [0.1, 0.15) is 11.6 Å². The average molecular weight is 356 g/mol. The number of carbonyl (C=O) groups is 1. The van der Waals surface area contributed by atoms with E-state index in [1.165, 1.54) is 5.56 Å². The number of ether oxygens (including phenoxy) is 1. The number of anilines is 1. The molecule has 26 heavy (non-hydrogen) atoms. The zero-order valence-corrected chi connectivity index (χ0v) is 15.6. The van der Waals surface area contributed by atoms with Crippen molar-refractivity contribution in [2.75, 3.05) is 44.3 Å². The van der Waals surface area contributed by atoms with Crippen LogP contribution in [0.3, 0.4) is 0 Å². The minimum absolute atomic E-state index is 0.284. The molecule has 3 heterocycles. The zero-order chi connectivity index (χ0) is 17.9. The second kappa shape index (κ2) is 7.74. The number of fused-ring (bicyclic) bond motifs is 1. The Morgan fingerprint density at radius 2 is 2.00 bits per heavy atom. The molecular formula is C20H28N4O2. The van der Waals surface area contributed by atoms with Gasteiger partial charge in [-0.3, -0.25) is 4.79 Å². The molecule has 1 amide bonds. The summed E-state index contributed by atoms with van der Waals surface area (Å²) < 4.78 is 5.49. The van der Waals surface area contributed by atoms with E-state index in [4.69, 9.17) is 14.7 Å². The molecule has 1 saturated heterocycles. The van der Waals surface area contributed by atoms with Gasteiger partial charge >= 0.3 is 0 Å². The minimum Gasteiger partial charge on any atom is -0.378 e. The summed E-state index contributed by atoms with van der Waals surface area (Å²) in [5.74, 6) is 2.59. The smallest absolute Gasteiger partial charge is 0.223 e. The molecule has 0 unspecified atom stereocenters. The van der Waals surface area contributed by atoms with Gasteiger partial charge in [-0.15, -0.1) is 0 Å². The Labute approximate surface area is 155 Å². The Hall–Kier alpha value is -1.95. The first-order valence-electron chi connectivity index (χ1n) is 9.84. The van der Waals surface area contributed by atoms with E-state index in [1.54, 1.807) is 0 Å². The molecule has 1 aliphatic carbocycles. The third-order valence-corrected chi connectivity index (χ3v) is 5.65. The van der Waals surface area contributed by atoms with Crippen LogP contribution in [0.15, 0.2) is 12.2 Å². The van der Waals surface area contributed by atoms with Crippen LogP contribution >= 0.6 is 0 Å². The number of aryl methyl sites for hydroxylation is 1. The highest BCUT2D eigenvalue weighted by Gasteiger charge is 2.26. The van der Waals surface area contributed by atoms with Crippen molar-refractivity contribution in [3.8, 4) is 0 Å². The summed E-state index contributed by atoms with van der Waals surface area (Å²) in [5.41, 5.74) is 2.35. The highest BCUT2D eigenvalue weighted by atomic mass is 16.5. The van der Waals surface area contributed by atoms with E-state index >= 15 is 0 Å². The van der Waals surface area contributed by atoms with E-state index in [1.807, 2.05) is 11.8 Å². The predicted molar refractivity (Wildman–Crippen MR) is 100 cm³/mol. The summed E-state index contributed by atoms with van der Waals surface area (Å²) in [6.45, 7) is 6.74. The maximum atomic E-state index is 12.7. The van der Waals surface area contributed by atoms with Gasteiger partial charge < -0.3 is 14.5 Å². The first-order valence-corrected chi connectivity index (χ1v) is 9.84. The molecule has 0 bridgehead atoms. The molecule has 1 aromatic heterocycles. The first-order chi connectivity index (χ1) is 12.7. The number of morpholine rings is 1. The monoisotopic (exact) mass is 356 g/mol. The molecule has 4 rings (SSSR count). The van der Waals surface area contributed by atoms with Gasteiger partial charge in [0.2, 0.25) is 5.91 Å². The predicted octanol–water partition coefficient (Wildman–Crippen LogP) is 1.91. The normalized spacial score (nSPS) is 23.0. The maximum Gasteiger partial charge on any atom is 0.223 e. The Bertz CT molecular complexity index is 697. The standard InChI is InChI=1S/C20H28N4O2/c1-15-21-18-7-9-23(19(25)14-16-4-2-3-5-16)8-6-17(18)20(22-15)24-10-12-26-13-11-24/h2,4,16H,3,5-14H2,1H3/t16-/m0/s1. The highest BCUT2D eigenvalue weighted by Crippen LogP contribution is 2.27. The van der Waals surface area contributed by atoms with Crippen LogP contribution in [0.1, 0.15) is 36.3 Å². The van der Waals surface area contributed by atoms with E-state index in [9.17, 15) is 4.79 Å². The third-order valence-electron chi connectivity index (χ3n) is 5.65. The third kappa shape index (κ3) is 3.75. The van der Waals surface area contributed by atoms with Crippen LogP contribution < -0.4 is 4.90 Å². The van der Waals surface area contributed by atoms with Crippen molar-refractivity contribution < 1.29 is 9.53 Å². The summed E-state index contributed by atoms with van der Waals surface area (Å²) in [6.07, 6.45) is 8.94. The van der Waals surface area contributed by atoms with Crippen molar-refractivity contribution in [2.45, 2.75) is 39.0 Å². The SMILES string of the molecule is Cc1nc2c(c(N3CCOCC3)n1)CCN(C(=O)C[C@H]1C=CCC1)CC2. The molecule has 140 valence electrons. The number of allylic oxidation sites excluding steroid dienone is 2. The van der Waals surface area contributed by atoms with Crippen molar-refractivity contribution in [3.05, 3.63) is 29.2 Å². The van der Waals surface area contributed by atoms with Gasteiger partial charge in [0.25, 0.3) is 0 Å². The van der Waals surface area contributed by atoms with Crippen molar-refractivity contribution in [2.24, 2.45) is 5.92 Å². The molecule has 3 aliphatic rings. The number of hydrogen-bond donors (Lipinski definition) is 0. The summed E-state index contributed by atoms with van der Waals surface area (Å²) >= 11 is 0. The number of rotatable bonds is 3. The lowest BCUT2D eigenvalue weighted by molar-refractivity contribution is -0.131. The van der Waals surface area contributed by atoms with Gasteiger partial charge in [0.15, 0.2) is 0 Å². The minimum atomic E-state index is 0.284. The fraction of sp³-hybridized carbons (Fsp3) is 0.650. The fourth-order valence-electron chi connectivity index (χ4n) is 4.20. The summed E-state index contributed by atoms with van der Waals surface area (Å²) in [7, 11) is 0. The van der Waals surface area contributed by atoms with E-state index in [-0.39, 0.29) is 5.91 Å². The number of carbonyl (C=O) groups excluding carboxylic acids is 1. The molecule has 0 saturated carbocycles. The molecule has 6 heteroatoms. The van der Waals surface area contributed by atoms with Gasteiger partial charge in [-0.1, -0.05) is 12.2 Å². The Morgan fingerprint density at radius 3 is 2.77 bits per heavy atom. The van der Waals surface area contributed by atoms with Gasteiger partial charge in [-0.05, 0) is 32.1 Å². The van der Waals surface area contributed by atoms with Crippen LogP contribution in [-0.4, -0.2) is 60.2 Å². The number of nitrogens with zero attached hydrogens (tertiary/aromatic N) is 4. The second-order valence-corrected chi connectivity index (χ2v) is 7.47. The summed E-state index contributed by atoms with van der Waals surface area (Å²) in [5, 5.41) is 0. The van der Waals surface area contributed by atoms with E-state index in [0.29, 0.717) is 12.3 Å². The number of hydrogen-bond acceptors (Lipinski definition) is 5. The summed E-state index contributed by atoms with van der Waals surface area (Å²) in [6, 6.07) is 0. The quantitative estimate of drug-likeness (QED) is 0.775. The van der Waals surface area contributed by atoms with Crippen molar-refractivity contribution in [3.63, 3.8) is 0 Å². The van der Waals surface area contributed by atoms with Crippen molar-refractivity contribution >= 4 is 11.7 Å². The summed E-state index contributed by atoms with van der Waals surface area (Å²) in [4.78, 5) is 26.6. The van der Waals surface area contributed by atoms with E-state index < -0.39 is 0 Å². The first kappa shape index (κ1) is 17.5. The van der Waals surface area contributed by atoms with Gasteiger partial charge in [-0.25, -0.2) is 9.97 Å². The molecule has 6 nitrogen and oxygen atoms in total. The molecule has 1 atom stereocenters. The Balaban J connectivity index is 1.50. The van der Waals surface area contributed by atoms with Crippen LogP contribution in [0, 0.1) is 12.8 Å². The highest BCUT2D eigenvalue weighted by molar-refractivity contribution is 5.77. The van der Waals surface area contributed by atoms with Gasteiger partial charge in [-0.2, -0.15) is 0 Å². The molecular weight excluding hydrogens is 328 g/mol. The van der Waals surface area contributed by atoms with Gasteiger partial charge in [0.05, 0.1) is 18.9 Å². The number of amides is 1. The van der Waals surface area contributed by atoms with Crippen molar-refractivity contribution in [1.29, 1.82) is 0 Å². The molecule has 1 fully saturated rings.